The maximum Gasteiger partial charge on any atom is 0.216 e. The Morgan fingerprint density at radius 2 is 1.96 bits per heavy atom. The van der Waals surface area contributed by atoms with E-state index in [0.29, 0.717) is 22.8 Å². The highest BCUT2D eigenvalue weighted by Crippen LogP contribution is 2.12. The molecule has 1 aromatic heterocycles. The highest BCUT2D eigenvalue weighted by molar-refractivity contribution is 7.71. The van der Waals surface area contributed by atoms with Crippen molar-refractivity contribution in [3.63, 3.8) is 0 Å². The van der Waals surface area contributed by atoms with Crippen LogP contribution >= 0.6 is 12.2 Å². The molecule has 0 aliphatic rings. The number of nitrogens with zero attached hydrogens (tertiary/aromatic N) is 3. The molecule has 0 spiro atoms. The van der Waals surface area contributed by atoms with E-state index < -0.39 is 12.6 Å². The second-order valence-electron chi connectivity index (χ2n) is 5.53. The molecule has 0 fully saturated rings. The molecular weight excluding hydrogens is 371 g/mol. The fraction of sp³-hybridized carbons (Fsp3) is 0.111. The molecule has 0 unspecified atom stereocenters. The molecule has 27 heavy (non-hydrogen) atoms. The van der Waals surface area contributed by atoms with E-state index in [1.807, 2.05) is 0 Å². The second kappa shape index (κ2) is 8.37. The van der Waals surface area contributed by atoms with Crippen LogP contribution < -0.4 is 9.84 Å². The molecule has 0 saturated heterocycles. The van der Waals surface area contributed by atoms with Crippen LogP contribution in [0.3, 0.4) is 0 Å². The SMILES string of the molecule is O=C([O-])COc1ccc(/C=N\n2c(Cc3ccc(F)cc3)n[nH]c2=S)cc1. The standard InChI is InChI=1S/C18H15FN4O3S/c19-14-5-1-12(2-6-14)9-16-21-22-18(27)23(16)20-10-13-3-7-15(8-4-13)26-11-17(24)25/h1-8,10H,9,11H2,(H,22,27)(H,24,25)/p-1/b20-10-. The molecule has 1 N–H and O–H groups in total. The van der Waals surface area contributed by atoms with Crippen molar-refractivity contribution >= 4 is 24.4 Å². The molecular formula is C18H14FN4O3S-. The first-order valence-corrected chi connectivity index (χ1v) is 8.30. The van der Waals surface area contributed by atoms with Gasteiger partial charge in [0, 0.05) is 6.42 Å². The van der Waals surface area contributed by atoms with E-state index in [4.69, 9.17) is 17.0 Å². The number of carbonyl (C=O) groups excluding carboxylic acids is 1. The van der Waals surface area contributed by atoms with E-state index in [0.717, 1.165) is 11.1 Å². The number of carboxylic acid groups (broad SMARTS) is 1. The zero-order valence-electron chi connectivity index (χ0n) is 14.0. The van der Waals surface area contributed by atoms with E-state index in [-0.39, 0.29) is 5.82 Å². The molecule has 0 aliphatic carbocycles. The van der Waals surface area contributed by atoms with Gasteiger partial charge in [-0.2, -0.15) is 14.9 Å². The van der Waals surface area contributed by atoms with Gasteiger partial charge in [-0.3, -0.25) is 5.10 Å². The Morgan fingerprint density at radius 3 is 2.63 bits per heavy atom. The van der Waals surface area contributed by atoms with Crippen LogP contribution in [0.5, 0.6) is 5.75 Å². The number of carboxylic acids is 1. The number of aromatic amines is 1. The summed E-state index contributed by atoms with van der Waals surface area (Å²) in [5.74, 6) is -0.601. The second-order valence-corrected chi connectivity index (χ2v) is 5.92. The van der Waals surface area contributed by atoms with E-state index in [9.17, 15) is 14.3 Å². The molecule has 3 rings (SSSR count). The summed E-state index contributed by atoms with van der Waals surface area (Å²) in [6.45, 7) is -0.510. The molecule has 0 radical (unpaired) electrons. The van der Waals surface area contributed by atoms with Crippen molar-refractivity contribution in [1.82, 2.24) is 14.9 Å². The highest BCUT2D eigenvalue weighted by atomic mass is 32.1. The van der Waals surface area contributed by atoms with Gasteiger partial charge in [0.1, 0.15) is 18.2 Å². The van der Waals surface area contributed by atoms with Crippen molar-refractivity contribution in [3.8, 4) is 5.75 Å². The fourth-order valence-corrected chi connectivity index (χ4v) is 2.46. The van der Waals surface area contributed by atoms with Crippen LogP contribution in [-0.4, -0.2) is 33.7 Å². The number of H-pyrrole nitrogens is 1. The number of hydrogen-bond acceptors (Lipinski definition) is 6. The van der Waals surface area contributed by atoms with Crippen LogP contribution in [0.15, 0.2) is 53.6 Å². The minimum atomic E-state index is -1.29. The summed E-state index contributed by atoms with van der Waals surface area (Å²) in [6, 6.07) is 12.8. The largest absolute Gasteiger partial charge is 0.546 e. The van der Waals surface area contributed by atoms with Crippen LogP contribution in [0.2, 0.25) is 0 Å². The molecule has 1 heterocycles. The van der Waals surface area contributed by atoms with Gasteiger partial charge < -0.3 is 14.6 Å². The molecule has 2 aromatic carbocycles. The normalized spacial score (nSPS) is 11.0. The Balaban J connectivity index is 1.73. The third-order valence-electron chi connectivity index (χ3n) is 3.55. The summed E-state index contributed by atoms with van der Waals surface area (Å²) in [5.41, 5.74) is 1.63. The third kappa shape index (κ3) is 5.08. The van der Waals surface area contributed by atoms with Crippen LogP contribution in [-0.2, 0) is 11.2 Å². The molecule has 9 heteroatoms. The Bertz CT molecular complexity index is 1010. The highest BCUT2D eigenvalue weighted by Gasteiger charge is 2.06. The van der Waals surface area contributed by atoms with Gasteiger partial charge in [0.2, 0.25) is 4.77 Å². The lowest BCUT2D eigenvalue weighted by molar-refractivity contribution is -0.307. The lowest BCUT2D eigenvalue weighted by atomic mass is 10.1. The van der Waals surface area contributed by atoms with Crippen LogP contribution in [0, 0.1) is 10.6 Å². The van der Waals surface area contributed by atoms with Gasteiger partial charge in [-0.05, 0) is 59.7 Å². The van der Waals surface area contributed by atoms with Crippen molar-refractivity contribution in [2.45, 2.75) is 6.42 Å². The van der Waals surface area contributed by atoms with Gasteiger partial charge in [0.25, 0.3) is 0 Å². The number of rotatable bonds is 7. The number of ether oxygens (including phenoxy) is 1. The van der Waals surface area contributed by atoms with Gasteiger partial charge in [0.15, 0.2) is 5.82 Å². The molecule has 0 saturated carbocycles. The Kier molecular flexibility index (Phi) is 5.72. The number of benzene rings is 2. The average Bonchev–Trinajstić information content (AvgIpc) is 3.00. The lowest BCUT2D eigenvalue weighted by Gasteiger charge is -2.06. The van der Waals surface area contributed by atoms with Gasteiger partial charge in [0.05, 0.1) is 12.2 Å². The van der Waals surface area contributed by atoms with E-state index in [1.165, 1.54) is 16.8 Å². The third-order valence-corrected chi connectivity index (χ3v) is 3.82. The monoisotopic (exact) mass is 385 g/mol. The van der Waals surface area contributed by atoms with Crippen LogP contribution in [0.1, 0.15) is 17.0 Å². The number of hydrogen-bond donors (Lipinski definition) is 1. The van der Waals surface area contributed by atoms with Crippen molar-refractivity contribution in [2.75, 3.05) is 6.61 Å². The molecule has 0 amide bonds. The van der Waals surface area contributed by atoms with Gasteiger partial charge in [-0.25, -0.2) is 4.39 Å². The van der Waals surface area contributed by atoms with E-state index in [1.54, 1.807) is 42.6 Å². The summed E-state index contributed by atoms with van der Waals surface area (Å²) in [7, 11) is 0. The van der Waals surface area contributed by atoms with Crippen LogP contribution in [0.4, 0.5) is 4.39 Å². The van der Waals surface area contributed by atoms with Gasteiger partial charge >= 0.3 is 0 Å². The summed E-state index contributed by atoms with van der Waals surface area (Å²) in [4.78, 5) is 10.4. The molecule has 0 bridgehead atoms. The predicted molar refractivity (Wildman–Crippen MR) is 96.6 cm³/mol. The number of aliphatic carboxylic acids is 1. The maximum absolute atomic E-state index is 13.0. The topological polar surface area (TPSA) is 95.3 Å². The fourth-order valence-electron chi connectivity index (χ4n) is 2.26. The van der Waals surface area contributed by atoms with Crippen LogP contribution in [0.25, 0.3) is 0 Å². The molecule has 7 nitrogen and oxygen atoms in total. The van der Waals surface area contributed by atoms with Gasteiger partial charge in [-0.15, -0.1) is 0 Å². The minimum Gasteiger partial charge on any atom is -0.546 e. The molecule has 3 aromatic rings. The predicted octanol–water partition coefficient (Wildman–Crippen LogP) is 1.68. The van der Waals surface area contributed by atoms with Crippen molar-refractivity contribution in [1.29, 1.82) is 0 Å². The lowest BCUT2D eigenvalue weighted by Crippen LogP contribution is -2.28. The first-order chi connectivity index (χ1) is 13.0. The first-order valence-electron chi connectivity index (χ1n) is 7.89. The average molecular weight is 385 g/mol. The zero-order chi connectivity index (χ0) is 19.2. The number of aromatic nitrogens is 3. The summed E-state index contributed by atoms with van der Waals surface area (Å²) in [5, 5.41) is 21.6. The summed E-state index contributed by atoms with van der Waals surface area (Å²) in [6.07, 6.45) is 2.02. The summed E-state index contributed by atoms with van der Waals surface area (Å²) < 4.78 is 19.9. The van der Waals surface area contributed by atoms with Gasteiger partial charge in [-0.1, -0.05) is 12.1 Å². The smallest absolute Gasteiger partial charge is 0.216 e. The minimum absolute atomic E-state index is 0.303. The Morgan fingerprint density at radius 1 is 1.26 bits per heavy atom. The first kappa shape index (κ1) is 18.5. The number of carbonyl (C=O) groups is 1. The van der Waals surface area contributed by atoms with Crippen molar-refractivity contribution in [3.05, 3.63) is 76.1 Å². The summed E-state index contributed by atoms with van der Waals surface area (Å²) >= 11 is 5.19. The number of halogens is 1. The quantitative estimate of drug-likeness (QED) is 0.493. The van der Waals surface area contributed by atoms with Crippen molar-refractivity contribution < 1.29 is 19.0 Å². The van der Waals surface area contributed by atoms with Crippen molar-refractivity contribution in [2.24, 2.45) is 5.10 Å². The van der Waals surface area contributed by atoms with E-state index in [2.05, 4.69) is 15.3 Å². The molecule has 0 atom stereocenters. The Labute approximate surface area is 158 Å². The molecule has 138 valence electrons. The van der Waals surface area contributed by atoms with E-state index >= 15 is 0 Å². The zero-order valence-corrected chi connectivity index (χ0v) is 14.8. The Hall–Kier alpha value is -3.33. The number of nitrogens with one attached hydrogen (secondary N) is 1. The molecule has 0 aliphatic heterocycles. The maximum atomic E-state index is 13.0.